The Morgan fingerprint density at radius 1 is 1.10 bits per heavy atom. The molecule has 0 fully saturated rings. The van der Waals surface area contributed by atoms with Crippen LogP contribution in [0.25, 0.3) is 0 Å². The van der Waals surface area contributed by atoms with Crippen molar-refractivity contribution in [2.45, 2.75) is 25.7 Å². The molecule has 0 bridgehead atoms. The summed E-state index contributed by atoms with van der Waals surface area (Å²) in [4.78, 5) is 12.5. The second-order valence-electron chi connectivity index (χ2n) is 6.89. The van der Waals surface area contributed by atoms with Gasteiger partial charge in [-0.15, -0.1) is 0 Å². The number of carbonyl (C=O) groups is 1. The summed E-state index contributed by atoms with van der Waals surface area (Å²) in [5, 5.41) is 3.90. The lowest BCUT2D eigenvalue weighted by Crippen LogP contribution is -2.37. The zero-order valence-electron chi connectivity index (χ0n) is 18.0. The number of aryl methyl sites for hydroxylation is 3. The van der Waals surface area contributed by atoms with Gasteiger partial charge < -0.3 is 9.47 Å². The highest BCUT2D eigenvalue weighted by Crippen LogP contribution is 2.24. The fraction of sp³-hybridized carbons (Fsp3) is 0.333. The number of nitrogens with one attached hydrogen (secondary N) is 1. The summed E-state index contributed by atoms with van der Waals surface area (Å²) in [5.41, 5.74) is 5.20. The third-order valence-electron chi connectivity index (χ3n) is 4.47. The van der Waals surface area contributed by atoms with Gasteiger partial charge in [0, 0.05) is 12.6 Å². The highest BCUT2D eigenvalue weighted by atomic mass is 32.2. The van der Waals surface area contributed by atoms with Crippen molar-refractivity contribution < 1.29 is 22.7 Å². The van der Waals surface area contributed by atoms with E-state index in [1.807, 2.05) is 6.92 Å². The summed E-state index contributed by atoms with van der Waals surface area (Å²) in [6, 6.07) is 8.77. The smallest absolute Gasteiger partial charge is 0.255 e. The first-order chi connectivity index (χ1) is 14.1. The largest absolute Gasteiger partial charge is 0.497 e. The molecule has 1 N–H and O–H groups in total. The molecule has 30 heavy (non-hydrogen) atoms. The molecule has 0 saturated heterocycles. The predicted molar refractivity (Wildman–Crippen MR) is 116 cm³/mol. The standard InChI is InChI=1S/C21H27N3O5S/c1-14-9-15(2)21(16(3)10-14)30(26,27)24(4)13-20(25)23-22-12-17-11-18(28-5)7-8-19(17)29-6/h7-12H,13H2,1-6H3,(H,23,25)/b22-12-. The minimum absolute atomic E-state index is 0.216. The average molecular weight is 434 g/mol. The molecule has 1 amide bonds. The second kappa shape index (κ2) is 9.73. The van der Waals surface area contributed by atoms with E-state index in [4.69, 9.17) is 9.47 Å². The van der Waals surface area contributed by atoms with Gasteiger partial charge in [0.2, 0.25) is 10.0 Å². The molecule has 0 aliphatic heterocycles. The van der Waals surface area contributed by atoms with Gasteiger partial charge in [0.25, 0.3) is 5.91 Å². The van der Waals surface area contributed by atoms with E-state index in [-0.39, 0.29) is 11.4 Å². The normalized spacial score (nSPS) is 11.7. The lowest BCUT2D eigenvalue weighted by Gasteiger charge is -2.19. The van der Waals surface area contributed by atoms with E-state index in [1.54, 1.807) is 44.2 Å². The average Bonchev–Trinajstić information content (AvgIpc) is 2.66. The molecule has 2 aromatic rings. The van der Waals surface area contributed by atoms with E-state index in [1.165, 1.54) is 27.5 Å². The van der Waals surface area contributed by atoms with Crippen molar-refractivity contribution in [2.75, 3.05) is 27.8 Å². The molecule has 0 aliphatic rings. The minimum atomic E-state index is -3.82. The number of methoxy groups -OCH3 is 2. The first-order valence-corrected chi connectivity index (χ1v) is 10.6. The van der Waals surface area contributed by atoms with Crippen molar-refractivity contribution >= 4 is 22.1 Å². The Labute approximate surface area is 177 Å². The van der Waals surface area contributed by atoms with Crippen molar-refractivity contribution in [3.8, 4) is 11.5 Å². The molecule has 2 rings (SSSR count). The molecule has 162 valence electrons. The van der Waals surface area contributed by atoms with Crippen LogP contribution in [0.5, 0.6) is 11.5 Å². The van der Waals surface area contributed by atoms with Crippen LogP contribution in [0.3, 0.4) is 0 Å². The molecule has 0 radical (unpaired) electrons. The lowest BCUT2D eigenvalue weighted by molar-refractivity contribution is -0.121. The molecule has 0 unspecified atom stereocenters. The van der Waals surface area contributed by atoms with Gasteiger partial charge >= 0.3 is 0 Å². The summed E-state index contributed by atoms with van der Waals surface area (Å²) >= 11 is 0. The van der Waals surface area contributed by atoms with Crippen molar-refractivity contribution in [1.82, 2.24) is 9.73 Å². The summed E-state index contributed by atoms with van der Waals surface area (Å²) in [6.07, 6.45) is 1.40. The van der Waals surface area contributed by atoms with E-state index in [0.29, 0.717) is 28.2 Å². The van der Waals surface area contributed by atoms with Gasteiger partial charge in [0.05, 0.1) is 31.9 Å². The van der Waals surface area contributed by atoms with E-state index < -0.39 is 15.9 Å². The molecule has 8 nitrogen and oxygen atoms in total. The van der Waals surface area contributed by atoms with Crippen LogP contribution in [-0.2, 0) is 14.8 Å². The Hall–Kier alpha value is -2.91. The maximum atomic E-state index is 12.9. The van der Waals surface area contributed by atoms with E-state index in [0.717, 1.165) is 9.87 Å². The van der Waals surface area contributed by atoms with Gasteiger partial charge in [0.1, 0.15) is 11.5 Å². The second-order valence-corrected chi connectivity index (χ2v) is 8.87. The van der Waals surface area contributed by atoms with Gasteiger partial charge in [-0.2, -0.15) is 9.41 Å². The predicted octanol–water partition coefficient (Wildman–Crippen LogP) is 2.40. The lowest BCUT2D eigenvalue weighted by atomic mass is 10.1. The van der Waals surface area contributed by atoms with E-state index in [2.05, 4.69) is 10.5 Å². The topological polar surface area (TPSA) is 97.3 Å². The molecule has 0 atom stereocenters. The number of sulfonamides is 1. The molecule has 0 saturated carbocycles. The van der Waals surface area contributed by atoms with Crippen LogP contribution in [0, 0.1) is 20.8 Å². The Morgan fingerprint density at radius 2 is 1.73 bits per heavy atom. The van der Waals surface area contributed by atoms with Gasteiger partial charge in [-0.3, -0.25) is 4.79 Å². The van der Waals surface area contributed by atoms with E-state index in [9.17, 15) is 13.2 Å². The zero-order valence-corrected chi connectivity index (χ0v) is 18.8. The van der Waals surface area contributed by atoms with Gasteiger partial charge in [0.15, 0.2) is 0 Å². The minimum Gasteiger partial charge on any atom is -0.497 e. The molecule has 9 heteroatoms. The quantitative estimate of drug-likeness (QED) is 0.509. The van der Waals surface area contributed by atoms with Crippen LogP contribution in [0.15, 0.2) is 40.3 Å². The van der Waals surface area contributed by atoms with Crippen molar-refractivity contribution in [1.29, 1.82) is 0 Å². The van der Waals surface area contributed by atoms with Crippen LogP contribution < -0.4 is 14.9 Å². The third-order valence-corrected chi connectivity index (χ3v) is 6.58. The molecule has 0 heterocycles. The highest BCUT2D eigenvalue weighted by Gasteiger charge is 2.26. The summed E-state index contributed by atoms with van der Waals surface area (Å²) in [6.45, 7) is 5.02. The highest BCUT2D eigenvalue weighted by molar-refractivity contribution is 7.89. The first kappa shape index (κ1) is 23.4. The van der Waals surface area contributed by atoms with Gasteiger partial charge in [-0.25, -0.2) is 13.8 Å². The number of hydrazone groups is 1. The number of nitrogens with zero attached hydrogens (tertiary/aromatic N) is 2. The maximum Gasteiger partial charge on any atom is 0.255 e. The fourth-order valence-electron chi connectivity index (χ4n) is 3.17. The monoisotopic (exact) mass is 433 g/mol. The number of hydrogen-bond donors (Lipinski definition) is 1. The number of ether oxygens (including phenoxy) is 2. The van der Waals surface area contributed by atoms with Crippen LogP contribution in [0.4, 0.5) is 0 Å². The molecule has 0 aliphatic carbocycles. The number of amides is 1. The first-order valence-electron chi connectivity index (χ1n) is 9.18. The number of carbonyl (C=O) groups excluding carboxylic acids is 1. The molecule has 0 aromatic heterocycles. The number of benzene rings is 2. The molecule has 2 aromatic carbocycles. The summed E-state index contributed by atoms with van der Waals surface area (Å²) < 4.78 is 37.3. The van der Waals surface area contributed by atoms with Crippen molar-refractivity contribution in [3.05, 3.63) is 52.6 Å². The number of hydrogen-bond acceptors (Lipinski definition) is 6. The SMILES string of the molecule is COc1ccc(OC)c(/C=N\NC(=O)CN(C)S(=O)(=O)c2c(C)cc(C)cc2C)c1. The maximum absolute atomic E-state index is 12.9. The van der Waals surface area contributed by atoms with E-state index >= 15 is 0 Å². The Balaban J connectivity index is 2.11. The summed E-state index contributed by atoms with van der Waals surface area (Å²) in [7, 11) is 0.599. The zero-order chi connectivity index (χ0) is 22.5. The van der Waals surface area contributed by atoms with Crippen LogP contribution in [0.2, 0.25) is 0 Å². The Bertz CT molecular complexity index is 1040. The van der Waals surface area contributed by atoms with Crippen LogP contribution >= 0.6 is 0 Å². The van der Waals surface area contributed by atoms with Gasteiger partial charge in [-0.1, -0.05) is 17.7 Å². The van der Waals surface area contributed by atoms with Crippen LogP contribution in [0.1, 0.15) is 22.3 Å². The van der Waals surface area contributed by atoms with Crippen molar-refractivity contribution in [3.63, 3.8) is 0 Å². The molecular formula is C21H27N3O5S. The number of rotatable bonds is 8. The summed E-state index contributed by atoms with van der Waals surface area (Å²) in [5.74, 6) is 0.596. The molecular weight excluding hydrogens is 406 g/mol. The van der Waals surface area contributed by atoms with Crippen LogP contribution in [-0.4, -0.2) is 52.7 Å². The van der Waals surface area contributed by atoms with Gasteiger partial charge in [-0.05, 0) is 50.1 Å². The third kappa shape index (κ3) is 5.37. The number of likely N-dealkylation sites (N-methyl/N-ethyl adjacent to an activating group) is 1. The Kier molecular flexibility index (Phi) is 7.58. The Morgan fingerprint density at radius 3 is 2.30 bits per heavy atom. The fourth-order valence-corrected chi connectivity index (χ4v) is 4.70. The van der Waals surface area contributed by atoms with Crippen molar-refractivity contribution in [2.24, 2.45) is 5.10 Å². The molecule has 0 spiro atoms.